The van der Waals surface area contributed by atoms with Crippen LogP contribution in [-0.2, 0) is 37.3 Å². The molecule has 0 aliphatic carbocycles. The Labute approximate surface area is 159 Å². The van der Waals surface area contributed by atoms with Gasteiger partial charge in [0.15, 0.2) is 0 Å². The van der Waals surface area contributed by atoms with Crippen LogP contribution in [0.3, 0.4) is 0 Å². The molecule has 0 bridgehead atoms. The van der Waals surface area contributed by atoms with Crippen molar-refractivity contribution in [3.63, 3.8) is 0 Å². The molecule has 0 atom stereocenters. The van der Waals surface area contributed by atoms with Gasteiger partial charge in [0, 0.05) is 0 Å². The molecule has 0 aliphatic rings. The molecule has 2 aromatic carbocycles. The van der Waals surface area contributed by atoms with Gasteiger partial charge in [0.05, 0.1) is 9.79 Å². The minimum Gasteiger partial charge on any atom is -0.744 e. The van der Waals surface area contributed by atoms with Gasteiger partial charge in [0.2, 0.25) is 0 Å². The van der Waals surface area contributed by atoms with Crippen LogP contribution in [0.5, 0.6) is 0 Å². The molecule has 0 N–H and O–H groups in total. The van der Waals surface area contributed by atoms with Crippen LogP contribution in [0.25, 0.3) is 0 Å². The van der Waals surface area contributed by atoms with Crippen molar-refractivity contribution in [3.8, 4) is 0 Å². The van der Waals surface area contributed by atoms with E-state index in [9.17, 15) is 25.9 Å². The van der Waals surface area contributed by atoms with Crippen LogP contribution in [0.4, 0.5) is 0 Å². The molecule has 0 aromatic heterocycles. The van der Waals surface area contributed by atoms with E-state index in [0.717, 1.165) is 11.1 Å². The molecule has 0 saturated heterocycles. The van der Waals surface area contributed by atoms with Crippen LogP contribution in [0.1, 0.15) is 22.3 Å². The van der Waals surface area contributed by atoms with Crippen molar-refractivity contribution in [2.24, 2.45) is 0 Å². The molecule has 2 aromatic rings. The predicted molar refractivity (Wildman–Crippen MR) is 87.8 cm³/mol. The first-order valence-electron chi connectivity index (χ1n) is 6.88. The smallest absolute Gasteiger partial charge is 0.744 e. The van der Waals surface area contributed by atoms with E-state index in [1.54, 1.807) is 52.0 Å². The summed E-state index contributed by atoms with van der Waals surface area (Å²) >= 11 is 0. The molecule has 25 heavy (non-hydrogen) atoms. The van der Waals surface area contributed by atoms with Crippen molar-refractivity contribution in [3.05, 3.63) is 58.7 Å². The van der Waals surface area contributed by atoms with Gasteiger partial charge >= 0.3 is 17.1 Å². The van der Waals surface area contributed by atoms with Gasteiger partial charge in [-0.1, -0.05) is 24.3 Å². The predicted octanol–water partition coefficient (Wildman–Crippen LogP) is 2.41. The Hall–Kier alpha value is -1.22. The van der Waals surface area contributed by atoms with E-state index in [4.69, 9.17) is 0 Å². The van der Waals surface area contributed by atoms with Crippen molar-refractivity contribution < 1.29 is 43.0 Å². The monoisotopic (exact) mass is 433 g/mol. The normalized spacial score (nSPS) is 11.1. The first-order chi connectivity index (χ1) is 10.8. The summed E-state index contributed by atoms with van der Waals surface area (Å²) in [6.45, 7) is 6.69. The summed E-state index contributed by atoms with van der Waals surface area (Å²) in [5, 5.41) is 0. The maximum absolute atomic E-state index is 10.7. The van der Waals surface area contributed by atoms with E-state index in [-0.39, 0.29) is 26.9 Å². The molecule has 0 saturated carbocycles. The van der Waals surface area contributed by atoms with Gasteiger partial charge in [0.1, 0.15) is 20.2 Å². The second kappa shape index (κ2) is 8.93. The number of aryl methyl sites for hydroxylation is 4. The molecule has 6 nitrogen and oxygen atoms in total. The maximum atomic E-state index is 10.7. The molecule has 1 radical (unpaired) electrons. The second-order valence-electron chi connectivity index (χ2n) is 5.45. The Morgan fingerprint density at radius 2 is 0.920 bits per heavy atom. The molecule has 0 fully saturated rings. The minimum atomic E-state index is -4.31. The number of benzene rings is 2. The van der Waals surface area contributed by atoms with Crippen molar-refractivity contribution in [1.82, 2.24) is 0 Å². The van der Waals surface area contributed by atoms with Gasteiger partial charge in [-0.05, 0) is 62.1 Å². The molecule has 0 unspecified atom stereocenters. The summed E-state index contributed by atoms with van der Waals surface area (Å²) in [6, 6.07) is 9.56. The fourth-order valence-corrected chi connectivity index (χ4v) is 3.54. The zero-order valence-corrected chi connectivity index (χ0v) is 16.6. The second-order valence-corrected chi connectivity index (χ2v) is 8.14. The summed E-state index contributed by atoms with van der Waals surface area (Å²) < 4.78 is 63.9. The topological polar surface area (TPSA) is 114 Å². The molecular formula is C16H18CuO6S2. The van der Waals surface area contributed by atoms with Crippen LogP contribution in [-0.4, -0.2) is 25.9 Å². The molecule has 0 aliphatic heterocycles. The molecular weight excluding hydrogens is 416 g/mol. The van der Waals surface area contributed by atoms with Crippen LogP contribution in [0.15, 0.2) is 46.2 Å². The molecule has 0 amide bonds. The van der Waals surface area contributed by atoms with Gasteiger partial charge in [0.25, 0.3) is 0 Å². The van der Waals surface area contributed by atoms with Crippen LogP contribution >= 0.6 is 0 Å². The van der Waals surface area contributed by atoms with Crippen molar-refractivity contribution in [2.45, 2.75) is 37.5 Å². The van der Waals surface area contributed by atoms with E-state index in [2.05, 4.69) is 0 Å². The summed E-state index contributed by atoms with van der Waals surface area (Å²) in [7, 11) is -8.61. The van der Waals surface area contributed by atoms with Gasteiger partial charge in [-0.15, -0.1) is 0 Å². The third-order valence-electron chi connectivity index (χ3n) is 3.23. The third-order valence-corrected chi connectivity index (χ3v) is 5.18. The first kappa shape index (κ1) is 23.8. The summed E-state index contributed by atoms with van der Waals surface area (Å²) in [4.78, 5) is -0.245. The first-order valence-corrected chi connectivity index (χ1v) is 9.70. The summed E-state index contributed by atoms with van der Waals surface area (Å²) in [6.07, 6.45) is 0. The van der Waals surface area contributed by atoms with Crippen molar-refractivity contribution >= 4 is 20.2 Å². The largest absolute Gasteiger partial charge is 2.00 e. The molecule has 141 valence electrons. The van der Waals surface area contributed by atoms with E-state index < -0.39 is 20.2 Å². The van der Waals surface area contributed by atoms with Crippen molar-refractivity contribution in [2.75, 3.05) is 0 Å². The van der Waals surface area contributed by atoms with Crippen LogP contribution < -0.4 is 0 Å². The fraction of sp³-hybridized carbons (Fsp3) is 0.250. The molecule has 2 rings (SSSR count). The summed E-state index contributed by atoms with van der Waals surface area (Å²) in [5.41, 5.74) is 2.54. The van der Waals surface area contributed by atoms with E-state index >= 15 is 0 Å². The number of hydrogen-bond acceptors (Lipinski definition) is 6. The minimum absolute atomic E-state index is 0. The average Bonchev–Trinajstić information content (AvgIpc) is 2.42. The Morgan fingerprint density at radius 1 is 0.640 bits per heavy atom. The zero-order chi connectivity index (χ0) is 18.7. The Morgan fingerprint density at radius 3 is 1.12 bits per heavy atom. The molecule has 9 heteroatoms. The van der Waals surface area contributed by atoms with Gasteiger partial charge in [-0.25, -0.2) is 16.8 Å². The van der Waals surface area contributed by atoms with Gasteiger partial charge in [-0.3, -0.25) is 0 Å². The molecule has 0 heterocycles. The number of rotatable bonds is 2. The van der Waals surface area contributed by atoms with Gasteiger partial charge in [-0.2, -0.15) is 0 Å². The van der Waals surface area contributed by atoms with E-state index in [0.29, 0.717) is 11.1 Å². The van der Waals surface area contributed by atoms with Crippen LogP contribution in [0, 0.1) is 27.7 Å². The van der Waals surface area contributed by atoms with Gasteiger partial charge < -0.3 is 9.11 Å². The average molecular weight is 434 g/mol. The Kier molecular flexibility index (Phi) is 8.50. The van der Waals surface area contributed by atoms with E-state index in [1.165, 1.54) is 12.1 Å². The Bertz CT molecular complexity index is 871. The molecule has 0 spiro atoms. The standard InChI is InChI=1S/2C8H10O3S.Cu/c2*1-6-3-4-7(2)8(5-6)12(9,10)11;/h2*3-5H,1-2H3,(H,9,10,11);/q;;+2/p-2. The Balaban J connectivity index is 0.000000443. The maximum Gasteiger partial charge on any atom is 2.00 e. The van der Waals surface area contributed by atoms with Crippen molar-refractivity contribution in [1.29, 1.82) is 0 Å². The number of hydrogen-bond donors (Lipinski definition) is 0. The fourth-order valence-electron chi connectivity index (χ4n) is 1.95. The quantitative estimate of drug-likeness (QED) is 0.530. The SMILES string of the molecule is Cc1ccc(C)c(S(=O)(=O)[O-])c1.Cc1ccc(C)c(S(=O)(=O)[O-])c1.[Cu+2]. The third kappa shape index (κ3) is 7.27. The van der Waals surface area contributed by atoms with E-state index in [1.807, 2.05) is 0 Å². The zero-order valence-electron chi connectivity index (χ0n) is 14.0. The van der Waals surface area contributed by atoms with Crippen LogP contribution in [0.2, 0.25) is 0 Å². The summed E-state index contributed by atoms with van der Waals surface area (Å²) in [5.74, 6) is 0.